The Kier molecular flexibility index (Phi) is 5.78. The van der Waals surface area contributed by atoms with Gasteiger partial charge in [-0.05, 0) is 24.6 Å². The number of benzene rings is 1. The Morgan fingerprint density at radius 1 is 1.35 bits per heavy atom. The van der Waals surface area contributed by atoms with E-state index >= 15 is 0 Å². The molecule has 0 aliphatic carbocycles. The number of methoxy groups -OCH3 is 2. The third-order valence-electron chi connectivity index (χ3n) is 2.48. The van der Waals surface area contributed by atoms with Gasteiger partial charge >= 0.3 is 5.97 Å². The summed E-state index contributed by atoms with van der Waals surface area (Å²) in [6, 6.07) is 4.10. The fraction of sp³-hybridized carbons (Fsp3) is 0.417. The lowest BCUT2D eigenvalue weighted by atomic mass is 10.2. The van der Waals surface area contributed by atoms with Crippen molar-refractivity contribution in [3.63, 3.8) is 0 Å². The number of ether oxygens (including phenoxy) is 2. The second kappa shape index (κ2) is 7.11. The first-order valence-electron chi connectivity index (χ1n) is 5.80. The first-order valence-corrected chi connectivity index (χ1v) is 7.45. The van der Waals surface area contributed by atoms with Gasteiger partial charge in [-0.2, -0.15) is 0 Å². The SMILES string of the molecule is COCCCS(=O)(=O)Nc1ccc(OC)cc1C(=O)O. The molecule has 0 radical (unpaired) electrons. The number of nitrogens with one attached hydrogen (secondary N) is 1. The molecule has 7 nitrogen and oxygen atoms in total. The molecule has 2 N–H and O–H groups in total. The van der Waals surface area contributed by atoms with E-state index in [1.54, 1.807) is 0 Å². The molecule has 0 aliphatic rings. The minimum atomic E-state index is -3.62. The molecule has 8 heteroatoms. The molecular formula is C12H17NO6S. The standard InChI is InChI=1S/C12H17NO6S/c1-18-6-3-7-20(16,17)13-11-5-4-9(19-2)8-10(11)12(14)15/h4-5,8,13H,3,6-7H2,1-2H3,(H,14,15). The summed E-state index contributed by atoms with van der Waals surface area (Å²) in [5, 5.41) is 9.09. The van der Waals surface area contributed by atoms with Crippen LogP contribution in [0, 0.1) is 0 Å². The van der Waals surface area contributed by atoms with Crippen LogP contribution in [0.1, 0.15) is 16.8 Å². The topological polar surface area (TPSA) is 102 Å². The lowest BCUT2D eigenvalue weighted by Crippen LogP contribution is -2.19. The first kappa shape index (κ1) is 16.3. The van der Waals surface area contributed by atoms with E-state index in [4.69, 9.17) is 14.6 Å². The fourth-order valence-electron chi connectivity index (χ4n) is 1.53. The fourth-order valence-corrected chi connectivity index (χ4v) is 2.64. The summed E-state index contributed by atoms with van der Waals surface area (Å²) in [7, 11) is -0.740. The van der Waals surface area contributed by atoms with Gasteiger partial charge in [-0.15, -0.1) is 0 Å². The molecule has 0 spiro atoms. The largest absolute Gasteiger partial charge is 0.497 e. The van der Waals surface area contributed by atoms with Crippen LogP contribution in [0.2, 0.25) is 0 Å². The zero-order valence-corrected chi connectivity index (χ0v) is 12.1. The Labute approximate surface area is 117 Å². The van der Waals surface area contributed by atoms with Gasteiger partial charge in [0.25, 0.3) is 0 Å². The van der Waals surface area contributed by atoms with E-state index in [2.05, 4.69) is 4.72 Å². The Morgan fingerprint density at radius 3 is 2.60 bits per heavy atom. The maximum atomic E-state index is 11.8. The quantitative estimate of drug-likeness (QED) is 0.699. The van der Waals surface area contributed by atoms with Crippen LogP contribution in [0.5, 0.6) is 5.75 Å². The number of carboxylic acids is 1. The van der Waals surface area contributed by atoms with Crippen LogP contribution >= 0.6 is 0 Å². The Balaban J connectivity index is 2.94. The van der Waals surface area contributed by atoms with Gasteiger partial charge < -0.3 is 14.6 Å². The average molecular weight is 303 g/mol. The van der Waals surface area contributed by atoms with Crippen molar-refractivity contribution in [3.8, 4) is 5.75 Å². The molecule has 20 heavy (non-hydrogen) atoms. The molecule has 1 rings (SSSR count). The summed E-state index contributed by atoms with van der Waals surface area (Å²) in [4.78, 5) is 11.1. The van der Waals surface area contributed by atoms with Gasteiger partial charge in [0, 0.05) is 13.7 Å². The number of aromatic carboxylic acids is 1. The van der Waals surface area contributed by atoms with Crippen LogP contribution < -0.4 is 9.46 Å². The van der Waals surface area contributed by atoms with Crippen LogP contribution in [0.3, 0.4) is 0 Å². The lowest BCUT2D eigenvalue weighted by molar-refractivity contribution is 0.0697. The molecule has 112 valence electrons. The number of hydrogen-bond acceptors (Lipinski definition) is 5. The van der Waals surface area contributed by atoms with Crippen molar-refractivity contribution in [3.05, 3.63) is 23.8 Å². The molecule has 0 unspecified atom stereocenters. The molecule has 0 heterocycles. The highest BCUT2D eigenvalue weighted by Crippen LogP contribution is 2.23. The van der Waals surface area contributed by atoms with Crippen LogP contribution in [0.25, 0.3) is 0 Å². The molecule has 0 bridgehead atoms. The van der Waals surface area contributed by atoms with Gasteiger partial charge in [0.1, 0.15) is 5.75 Å². The smallest absolute Gasteiger partial charge is 0.337 e. The molecule has 0 aromatic heterocycles. The van der Waals surface area contributed by atoms with E-state index in [1.807, 2.05) is 0 Å². The predicted octanol–water partition coefficient (Wildman–Crippen LogP) is 1.17. The summed E-state index contributed by atoms with van der Waals surface area (Å²) in [5.41, 5.74) is -0.157. The number of carboxylic acid groups (broad SMARTS) is 1. The molecule has 0 amide bonds. The van der Waals surface area contributed by atoms with Crippen molar-refractivity contribution in [2.75, 3.05) is 31.3 Å². The molecule has 0 saturated heterocycles. The maximum absolute atomic E-state index is 11.8. The van der Waals surface area contributed by atoms with E-state index in [0.29, 0.717) is 18.8 Å². The van der Waals surface area contributed by atoms with E-state index in [-0.39, 0.29) is 17.0 Å². The number of carbonyl (C=O) groups is 1. The van der Waals surface area contributed by atoms with Gasteiger partial charge in [-0.25, -0.2) is 13.2 Å². The van der Waals surface area contributed by atoms with Gasteiger partial charge in [-0.1, -0.05) is 0 Å². The van der Waals surface area contributed by atoms with Crippen molar-refractivity contribution < 1.29 is 27.8 Å². The third-order valence-corrected chi connectivity index (χ3v) is 3.84. The zero-order valence-electron chi connectivity index (χ0n) is 11.3. The van der Waals surface area contributed by atoms with E-state index < -0.39 is 16.0 Å². The number of anilines is 1. The normalized spacial score (nSPS) is 11.1. The Bertz CT molecular complexity index is 569. The summed E-state index contributed by atoms with van der Waals surface area (Å²) in [6.07, 6.45) is 0.324. The van der Waals surface area contributed by atoms with Crippen molar-refractivity contribution in [1.29, 1.82) is 0 Å². The zero-order chi connectivity index (χ0) is 15.2. The molecular weight excluding hydrogens is 286 g/mol. The van der Waals surface area contributed by atoms with Crippen LogP contribution in [0.15, 0.2) is 18.2 Å². The number of rotatable bonds is 8. The summed E-state index contributed by atoms with van der Waals surface area (Å²) < 4.78 is 35.6. The molecule has 0 aliphatic heterocycles. The van der Waals surface area contributed by atoms with Crippen LogP contribution in [0.4, 0.5) is 5.69 Å². The predicted molar refractivity (Wildman–Crippen MR) is 73.9 cm³/mol. The van der Waals surface area contributed by atoms with Crippen molar-refractivity contribution >= 4 is 21.7 Å². The molecule has 1 aromatic rings. The average Bonchev–Trinajstić information content (AvgIpc) is 2.38. The van der Waals surface area contributed by atoms with Gasteiger partial charge in [0.15, 0.2) is 0 Å². The third kappa shape index (κ3) is 4.71. The maximum Gasteiger partial charge on any atom is 0.337 e. The summed E-state index contributed by atoms with van der Waals surface area (Å²) in [6.45, 7) is 0.315. The van der Waals surface area contributed by atoms with Crippen LogP contribution in [-0.2, 0) is 14.8 Å². The second-order valence-electron chi connectivity index (χ2n) is 3.98. The van der Waals surface area contributed by atoms with Gasteiger partial charge in [0.05, 0.1) is 24.1 Å². The van der Waals surface area contributed by atoms with Gasteiger partial charge in [-0.3, -0.25) is 4.72 Å². The van der Waals surface area contributed by atoms with E-state index in [9.17, 15) is 13.2 Å². The Hall–Kier alpha value is -1.80. The molecule has 1 aromatic carbocycles. The van der Waals surface area contributed by atoms with Crippen LogP contribution in [-0.4, -0.2) is 46.1 Å². The van der Waals surface area contributed by atoms with Crippen molar-refractivity contribution in [2.24, 2.45) is 0 Å². The highest BCUT2D eigenvalue weighted by Gasteiger charge is 2.17. The Morgan fingerprint density at radius 2 is 2.05 bits per heavy atom. The molecule has 0 saturated carbocycles. The monoisotopic (exact) mass is 303 g/mol. The number of sulfonamides is 1. The highest BCUT2D eigenvalue weighted by atomic mass is 32.2. The molecule has 0 atom stereocenters. The van der Waals surface area contributed by atoms with Crippen molar-refractivity contribution in [1.82, 2.24) is 0 Å². The first-order chi connectivity index (χ1) is 9.39. The minimum Gasteiger partial charge on any atom is -0.497 e. The summed E-state index contributed by atoms with van der Waals surface area (Å²) in [5.74, 6) is -1.05. The summed E-state index contributed by atoms with van der Waals surface area (Å²) >= 11 is 0. The van der Waals surface area contributed by atoms with E-state index in [1.165, 1.54) is 32.4 Å². The number of hydrogen-bond donors (Lipinski definition) is 2. The minimum absolute atomic E-state index is 0.00992. The van der Waals surface area contributed by atoms with E-state index in [0.717, 1.165) is 0 Å². The lowest BCUT2D eigenvalue weighted by Gasteiger charge is -2.11. The van der Waals surface area contributed by atoms with Crippen molar-refractivity contribution in [2.45, 2.75) is 6.42 Å². The van der Waals surface area contributed by atoms with Gasteiger partial charge in [0.2, 0.25) is 10.0 Å². The highest BCUT2D eigenvalue weighted by molar-refractivity contribution is 7.92. The second-order valence-corrected chi connectivity index (χ2v) is 5.83. The molecule has 0 fully saturated rings.